The van der Waals surface area contributed by atoms with E-state index in [-0.39, 0.29) is 21.8 Å². The van der Waals surface area contributed by atoms with Crippen LogP contribution in [0.5, 0.6) is 0 Å². The fourth-order valence-corrected chi connectivity index (χ4v) is 3.41. The van der Waals surface area contributed by atoms with E-state index in [0.717, 1.165) is 17.8 Å². The third-order valence-corrected chi connectivity index (χ3v) is 5.08. The highest BCUT2D eigenvalue weighted by atomic mass is 79.9. The molecule has 0 aromatic heterocycles. The molecule has 14 heteroatoms. The monoisotopic (exact) mass is 538 g/mol. The van der Waals surface area contributed by atoms with Gasteiger partial charge in [0.2, 0.25) is 5.91 Å². The number of carbonyl (C=O) groups excluding carboxylic acids is 1. The highest BCUT2D eigenvalue weighted by molar-refractivity contribution is 9.10. The molecule has 182 valence electrons. The Labute approximate surface area is 203 Å². The molecule has 34 heavy (non-hydrogen) atoms. The summed E-state index contributed by atoms with van der Waals surface area (Å²) in [5.74, 6) is -0.351. The summed E-state index contributed by atoms with van der Waals surface area (Å²) in [5.41, 5.74) is 0.0709. The van der Waals surface area contributed by atoms with E-state index in [9.17, 15) is 25.0 Å². The molecular formula is C20H23BrN6O7. The number of benzene rings is 2. The molecule has 0 unspecified atom stereocenters. The maximum absolute atomic E-state index is 11.8. The first-order chi connectivity index (χ1) is 16.2. The molecule has 2 rings (SSSR count). The minimum absolute atomic E-state index is 0.0279. The molecule has 0 aliphatic heterocycles. The van der Waals surface area contributed by atoms with Crippen molar-refractivity contribution in [3.05, 3.63) is 55.0 Å². The zero-order chi connectivity index (χ0) is 25.3. The Kier molecular flexibility index (Phi) is 9.97. The number of hydrogen-bond donors (Lipinski definition) is 1. The van der Waals surface area contributed by atoms with E-state index in [1.165, 1.54) is 6.92 Å². The zero-order valence-corrected chi connectivity index (χ0v) is 20.3. The van der Waals surface area contributed by atoms with Gasteiger partial charge in [0.1, 0.15) is 5.69 Å². The number of halogens is 1. The van der Waals surface area contributed by atoms with Crippen molar-refractivity contribution in [1.82, 2.24) is 0 Å². The summed E-state index contributed by atoms with van der Waals surface area (Å²) < 4.78 is 10.3. The van der Waals surface area contributed by atoms with Crippen LogP contribution < -0.4 is 10.2 Å². The third-order valence-electron chi connectivity index (χ3n) is 4.48. The Morgan fingerprint density at radius 1 is 1.06 bits per heavy atom. The van der Waals surface area contributed by atoms with Crippen molar-refractivity contribution >= 4 is 56.0 Å². The summed E-state index contributed by atoms with van der Waals surface area (Å²) in [4.78, 5) is 34.7. The lowest BCUT2D eigenvalue weighted by Gasteiger charge is -2.25. The summed E-state index contributed by atoms with van der Waals surface area (Å²) in [6, 6.07) is 6.95. The van der Waals surface area contributed by atoms with E-state index in [0.29, 0.717) is 32.0 Å². The number of nitro groups is 2. The van der Waals surface area contributed by atoms with Crippen LogP contribution in [0.2, 0.25) is 0 Å². The van der Waals surface area contributed by atoms with E-state index in [1.54, 1.807) is 32.4 Å². The number of rotatable bonds is 12. The quantitative estimate of drug-likeness (QED) is 0.230. The van der Waals surface area contributed by atoms with Crippen LogP contribution in [0.3, 0.4) is 0 Å². The van der Waals surface area contributed by atoms with Crippen molar-refractivity contribution in [2.75, 3.05) is 50.7 Å². The minimum atomic E-state index is -0.784. The van der Waals surface area contributed by atoms with Gasteiger partial charge < -0.3 is 19.7 Å². The fraction of sp³-hybridized carbons (Fsp3) is 0.350. The van der Waals surface area contributed by atoms with Crippen molar-refractivity contribution in [2.45, 2.75) is 6.92 Å². The molecule has 0 spiro atoms. The van der Waals surface area contributed by atoms with Gasteiger partial charge >= 0.3 is 5.69 Å². The molecule has 2 aromatic rings. The Bertz CT molecular complexity index is 1090. The second-order valence-corrected chi connectivity index (χ2v) is 7.72. The van der Waals surface area contributed by atoms with E-state index in [4.69, 9.17) is 9.47 Å². The van der Waals surface area contributed by atoms with Gasteiger partial charge in [0, 0.05) is 46.0 Å². The number of hydrogen-bond acceptors (Lipinski definition) is 10. The van der Waals surface area contributed by atoms with Gasteiger partial charge in [-0.3, -0.25) is 25.0 Å². The van der Waals surface area contributed by atoms with Crippen molar-refractivity contribution in [3.8, 4) is 0 Å². The number of carbonyl (C=O) groups is 1. The van der Waals surface area contributed by atoms with Crippen molar-refractivity contribution < 1.29 is 24.1 Å². The predicted molar refractivity (Wildman–Crippen MR) is 128 cm³/mol. The number of ether oxygens (including phenoxy) is 2. The van der Waals surface area contributed by atoms with Crippen LogP contribution in [0.15, 0.2) is 45.0 Å². The normalized spacial score (nSPS) is 10.9. The summed E-state index contributed by atoms with van der Waals surface area (Å²) in [6.45, 7) is 3.42. The molecule has 0 bridgehead atoms. The fourth-order valence-electron chi connectivity index (χ4n) is 2.89. The maximum Gasteiger partial charge on any atom is 0.304 e. The number of nitro benzene ring substituents is 2. The van der Waals surface area contributed by atoms with Crippen LogP contribution >= 0.6 is 15.9 Å². The molecule has 0 aliphatic carbocycles. The average Bonchev–Trinajstić information content (AvgIpc) is 2.78. The second-order valence-electron chi connectivity index (χ2n) is 6.86. The molecule has 0 aliphatic rings. The van der Waals surface area contributed by atoms with Crippen LogP contribution in [-0.2, 0) is 14.3 Å². The van der Waals surface area contributed by atoms with Gasteiger partial charge in [-0.2, -0.15) is 0 Å². The lowest BCUT2D eigenvalue weighted by atomic mass is 10.2. The topological polar surface area (TPSA) is 162 Å². The van der Waals surface area contributed by atoms with Gasteiger partial charge in [-0.05, 0) is 34.1 Å². The molecule has 1 N–H and O–H groups in total. The number of nitrogens with one attached hydrogen (secondary N) is 1. The largest absolute Gasteiger partial charge is 0.383 e. The Balaban J connectivity index is 2.50. The van der Waals surface area contributed by atoms with Crippen molar-refractivity contribution in [2.24, 2.45) is 10.2 Å². The Morgan fingerprint density at radius 3 is 2.24 bits per heavy atom. The number of azo groups is 1. The van der Waals surface area contributed by atoms with Crippen LogP contribution in [-0.4, -0.2) is 56.3 Å². The van der Waals surface area contributed by atoms with Crippen molar-refractivity contribution in [1.29, 1.82) is 0 Å². The number of methoxy groups -OCH3 is 2. The molecule has 2 aromatic carbocycles. The van der Waals surface area contributed by atoms with E-state index in [2.05, 4.69) is 31.5 Å². The number of anilines is 2. The van der Waals surface area contributed by atoms with E-state index in [1.807, 2.05) is 4.90 Å². The molecule has 0 fully saturated rings. The van der Waals surface area contributed by atoms with Gasteiger partial charge in [0.05, 0.1) is 39.3 Å². The van der Waals surface area contributed by atoms with Crippen LogP contribution in [0.4, 0.5) is 34.1 Å². The molecule has 0 saturated carbocycles. The van der Waals surface area contributed by atoms with Crippen LogP contribution in [0, 0.1) is 20.2 Å². The highest BCUT2D eigenvalue weighted by Crippen LogP contribution is 2.40. The minimum Gasteiger partial charge on any atom is -0.383 e. The predicted octanol–water partition coefficient (Wildman–Crippen LogP) is 4.74. The summed E-state index contributed by atoms with van der Waals surface area (Å²) in [5, 5.41) is 33.2. The average molecular weight is 539 g/mol. The zero-order valence-electron chi connectivity index (χ0n) is 18.7. The van der Waals surface area contributed by atoms with Gasteiger partial charge in [-0.15, -0.1) is 10.2 Å². The van der Waals surface area contributed by atoms with Crippen LogP contribution in [0.25, 0.3) is 0 Å². The Hall–Kier alpha value is -3.49. The smallest absolute Gasteiger partial charge is 0.304 e. The molecule has 0 radical (unpaired) electrons. The molecular weight excluding hydrogens is 516 g/mol. The lowest BCUT2D eigenvalue weighted by Crippen LogP contribution is -2.30. The van der Waals surface area contributed by atoms with Crippen LogP contribution in [0.1, 0.15) is 6.92 Å². The summed E-state index contributed by atoms with van der Waals surface area (Å²) in [6.07, 6.45) is 0. The molecule has 0 atom stereocenters. The first kappa shape index (κ1) is 26.8. The Morgan fingerprint density at radius 2 is 1.71 bits per heavy atom. The maximum atomic E-state index is 11.8. The SMILES string of the molecule is COCCN(CCOC)c1ccc(N=Nc2c(Br)cc([N+](=O)[O-])cc2[N+](=O)[O-])c(NC(C)=O)c1. The first-order valence-electron chi connectivity index (χ1n) is 9.86. The first-order valence-corrected chi connectivity index (χ1v) is 10.7. The van der Waals surface area contributed by atoms with Crippen molar-refractivity contribution in [3.63, 3.8) is 0 Å². The summed E-state index contributed by atoms with van der Waals surface area (Å²) in [7, 11) is 3.19. The number of amides is 1. The van der Waals surface area contributed by atoms with E-state index < -0.39 is 21.2 Å². The van der Waals surface area contributed by atoms with E-state index >= 15 is 0 Å². The molecule has 0 saturated heterocycles. The van der Waals surface area contributed by atoms with Gasteiger partial charge in [0.25, 0.3) is 5.69 Å². The molecule has 1 amide bonds. The number of non-ortho nitro benzene ring substituents is 1. The molecule has 0 heterocycles. The standard InChI is InChI=1S/C20H23BrN6O7/c1-13(28)22-18-11-14(25(6-8-33-2)7-9-34-3)4-5-17(18)23-24-20-16(21)10-15(26(29)30)12-19(20)27(31)32/h4-5,10-12H,6-9H2,1-3H3,(H,22,28). The summed E-state index contributed by atoms with van der Waals surface area (Å²) >= 11 is 3.08. The molecule has 13 nitrogen and oxygen atoms in total. The highest BCUT2D eigenvalue weighted by Gasteiger charge is 2.23. The number of nitrogens with zero attached hydrogens (tertiary/aromatic N) is 5. The van der Waals surface area contributed by atoms with Gasteiger partial charge in [-0.25, -0.2) is 0 Å². The van der Waals surface area contributed by atoms with Gasteiger partial charge in [-0.1, -0.05) is 0 Å². The second kappa shape index (κ2) is 12.7. The third kappa shape index (κ3) is 7.26. The lowest BCUT2D eigenvalue weighted by molar-refractivity contribution is -0.393. The van der Waals surface area contributed by atoms with Gasteiger partial charge in [0.15, 0.2) is 5.69 Å².